The number of likely N-dealkylation sites (tertiary alicyclic amines) is 1. The highest BCUT2D eigenvalue weighted by Gasteiger charge is 2.32. The van der Waals surface area contributed by atoms with Gasteiger partial charge in [0.1, 0.15) is 5.75 Å². The van der Waals surface area contributed by atoms with E-state index in [0.717, 1.165) is 23.1 Å². The maximum absolute atomic E-state index is 12.1. The number of carboxylic acids is 1. The predicted molar refractivity (Wildman–Crippen MR) is 98.8 cm³/mol. The van der Waals surface area contributed by atoms with Gasteiger partial charge in [-0.3, -0.25) is 0 Å². The molecule has 0 radical (unpaired) electrons. The summed E-state index contributed by atoms with van der Waals surface area (Å²) in [6.07, 6.45) is 0.492. The third-order valence-electron chi connectivity index (χ3n) is 4.61. The molecule has 1 heterocycles. The van der Waals surface area contributed by atoms with Crippen molar-refractivity contribution < 1.29 is 24.2 Å². The van der Waals surface area contributed by atoms with Crippen LogP contribution < -0.4 is 4.74 Å². The van der Waals surface area contributed by atoms with Gasteiger partial charge in [0.2, 0.25) is 0 Å². The summed E-state index contributed by atoms with van der Waals surface area (Å²) in [4.78, 5) is 25.1. The van der Waals surface area contributed by atoms with Crippen molar-refractivity contribution in [3.05, 3.63) is 28.8 Å². The number of rotatable bonds is 5. The summed E-state index contributed by atoms with van der Waals surface area (Å²) in [6, 6.07) is 4.06. The van der Waals surface area contributed by atoms with Gasteiger partial charge in [0, 0.05) is 19.0 Å². The van der Waals surface area contributed by atoms with Gasteiger partial charge in [-0.05, 0) is 64.7 Å². The molecule has 1 aliphatic rings. The van der Waals surface area contributed by atoms with Crippen molar-refractivity contribution in [1.82, 2.24) is 4.90 Å². The Morgan fingerprint density at radius 3 is 2.31 bits per heavy atom. The Kier molecular flexibility index (Phi) is 5.84. The van der Waals surface area contributed by atoms with E-state index in [2.05, 4.69) is 0 Å². The monoisotopic (exact) mass is 363 g/mol. The van der Waals surface area contributed by atoms with Crippen molar-refractivity contribution >= 4 is 12.1 Å². The number of carbonyl (C=O) groups is 2. The van der Waals surface area contributed by atoms with Gasteiger partial charge < -0.3 is 19.5 Å². The van der Waals surface area contributed by atoms with E-state index in [1.54, 1.807) is 4.90 Å². The lowest BCUT2D eigenvalue weighted by atomic mass is 9.94. The number of amides is 1. The van der Waals surface area contributed by atoms with Crippen LogP contribution in [-0.4, -0.2) is 46.9 Å². The number of aryl methyl sites for hydroxylation is 2. The highest BCUT2D eigenvalue weighted by Crippen LogP contribution is 2.34. The summed E-state index contributed by atoms with van der Waals surface area (Å²) in [7, 11) is 0. The first-order valence-corrected chi connectivity index (χ1v) is 9.00. The average Bonchev–Trinajstić information content (AvgIpc) is 3.00. The van der Waals surface area contributed by atoms with E-state index in [1.165, 1.54) is 13.8 Å². The third kappa shape index (κ3) is 4.48. The number of nitrogens with zero attached hydrogens (tertiary/aromatic N) is 1. The quantitative estimate of drug-likeness (QED) is 0.859. The molecule has 0 saturated carbocycles. The van der Waals surface area contributed by atoms with E-state index in [0.29, 0.717) is 18.8 Å². The van der Waals surface area contributed by atoms with Crippen molar-refractivity contribution in [3.8, 4) is 5.75 Å². The van der Waals surface area contributed by atoms with Crippen molar-refractivity contribution in [3.63, 3.8) is 0 Å². The van der Waals surface area contributed by atoms with Crippen LogP contribution in [0.1, 0.15) is 56.7 Å². The molecule has 1 aromatic carbocycles. The lowest BCUT2D eigenvalue weighted by Gasteiger charge is -2.25. The molecule has 1 atom stereocenters. The van der Waals surface area contributed by atoms with Gasteiger partial charge in [0.15, 0.2) is 5.60 Å². The number of benzene rings is 1. The minimum absolute atomic E-state index is 0.125. The Bertz CT molecular complexity index is 672. The molecule has 1 amide bonds. The van der Waals surface area contributed by atoms with Crippen LogP contribution in [0, 0.1) is 13.8 Å². The lowest BCUT2D eigenvalue weighted by molar-refractivity contribution is -0.152. The molecule has 1 aliphatic heterocycles. The first-order chi connectivity index (χ1) is 12.0. The molecule has 26 heavy (non-hydrogen) atoms. The summed E-state index contributed by atoms with van der Waals surface area (Å²) < 4.78 is 11.0. The van der Waals surface area contributed by atoms with E-state index in [4.69, 9.17) is 9.47 Å². The fourth-order valence-corrected chi connectivity index (χ4v) is 3.15. The van der Waals surface area contributed by atoms with Gasteiger partial charge in [-0.15, -0.1) is 0 Å². The lowest BCUT2D eigenvalue weighted by Crippen LogP contribution is -2.38. The van der Waals surface area contributed by atoms with Crippen molar-refractivity contribution in [2.75, 3.05) is 13.1 Å². The number of hydrogen-bond donors (Lipinski definition) is 1. The molecular formula is C20H29NO5. The molecule has 1 fully saturated rings. The standard InChI is InChI=1S/C20H29NO5/c1-12(2)25-19(24)21-8-7-15(11-21)16-9-13(3)17(14(4)10-16)26-20(5,6)18(22)23/h9-10,12,15H,7-8,11H2,1-6H3,(H,22,23). The molecule has 2 rings (SSSR count). The molecule has 1 saturated heterocycles. The number of hydrogen-bond acceptors (Lipinski definition) is 4. The summed E-state index contributed by atoms with van der Waals surface area (Å²) in [5.41, 5.74) is 1.65. The minimum atomic E-state index is -1.29. The number of ether oxygens (including phenoxy) is 2. The van der Waals surface area contributed by atoms with Crippen LogP contribution in [0.4, 0.5) is 4.79 Å². The zero-order chi connectivity index (χ0) is 19.6. The zero-order valence-electron chi connectivity index (χ0n) is 16.5. The summed E-state index contributed by atoms with van der Waals surface area (Å²) in [5, 5.41) is 9.28. The fraction of sp³-hybridized carbons (Fsp3) is 0.600. The highest BCUT2D eigenvalue weighted by atomic mass is 16.6. The second-order valence-corrected chi connectivity index (χ2v) is 7.77. The number of carboxylic acid groups (broad SMARTS) is 1. The summed E-state index contributed by atoms with van der Waals surface area (Å²) in [5.74, 6) is -0.153. The van der Waals surface area contributed by atoms with Crippen LogP contribution in [0.3, 0.4) is 0 Å². The van der Waals surface area contributed by atoms with Gasteiger partial charge >= 0.3 is 12.1 Å². The van der Waals surface area contributed by atoms with Gasteiger partial charge in [-0.1, -0.05) is 12.1 Å². The van der Waals surface area contributed by atoms with Gasteiger partial charge in [0.25, 0.3) is 0 Å². The van der Waals surface area contributed by atoms with Crippen LogP contribution in [0.5, 0.6) is 5.75 Å². The number of aliphatic carboxylic acids is 1. The van der Waals surface area contributed by atoms with Crippen molar-refractivity contribution in [1.29, 1.82) is 0 Å². The Morgan fingerprint density at radius 1 is 1.23 bits per heavy atom. The molecule has 0 aliphatic carbocycles. The molecule has 1 N–H and O–H groups in total. The zero-order valence-corrected chi connectivity index (χ0v) is 16.5. The van der Waals surface area contributed by atoms with Crippen LogP contribution in [0.25, 0.3) is 0 Å². The molecule has 0 aromatic heterocycles. The van der Waals surface area contributed by atoms with Crippen LogP contribution >= 0.6 is 0 Å². The average molecular weight is 363 g/mol. The maximum atomic E-state index is 12.1. The molecule has 0 spiro atoms. The minimum Gasteiger partial charge on any atom is -0.478 e. The molecule has 6 heteroatoms. The first-order valence-electron chi connectivity index (χ1n) is 9.00. The van der Waals surface area contributed by atoms with E-state index < -0.39 is 11.6 Å². The number of carbonyl (C=O) groups excluding carboxylic acids is 1. The smallest absolute Gasteiger partial charge is 0.410 e. The van der Waals surface area contributed by atoms with E-state index in [-0.39, 0.29) is 18.1 Å². The summed E-state index contributed by atoms with van der Waals surface area (Å²) >= 11 is 0. The predicted octanol–water partition coefficient (Wildman–Crippen LogP) is 3.88. The molecular weight excluding hydrogens is 334 g/mol. The fourth-order valence-electron chi connectivity index (χ4n) is 3.15. The molecule has 0 bridgehead atoms. The van der Waals surface area contributed by atoms with E-state index in [9.17, 15) is 14.7 Å². The molecule has 1 aromatic rings. The Balaban J connectivity index is 2.15. The van der Waals surface area contributed by atoms with E-state index >= 15 is 0 Å². The molecule has 6 nitrogen and oxygen atoms in total. The maximum Gasteiger partial charge on any atom is 0.410 e. The Morgan fingerprint density at radius 2 is 1.81 bits per heavy atom. The Labute approximate surface area is 155 Å². The molecule has 144 valence electrons. The van der Waals surface area contributed by atoms with Crippen LogP contribution in [0.15, 0.2) is 12.1 Å². The normalized spacial score (nSPS) is 17.5. The van der Waals surface area contributed by atoms with Crippen LogP contribution in [-0.2, 0) is 9.53 Å². The highest BCUT2D eigenvalue weighted by molar-refractivity contribution is 5.77. The SMILES string of the molecule is Cc1cc(C2CCN(C(=O)OC(C)C)C2)cc(C)c1OC(C)(C)C(=O)O. The topological polar surface area (TPSA) is 76.1 Å². The van der Waals surface area contributed by atoms with E-state index in [1.807, 2.05) is 39.8 Å². The largest absolute Gasteiger partial charge is 0.478 e. The van der Waals surface area contributed by atoms with Crippen LogP contribution in [0.2, 0.25) is 0 Å². The van der Waals surface area contributed by atoms with Crippen molar-refractivity contribution in [2.45, 2.75) is 65.6 Å². The van der Waals surface area contributed by atoms with Gasteiger partial charge in [-0.25, -0.2) is 9.59 Å². The Hall–Kier alpha value is -2.24. The second kappa shape index (κ2) is 7.56. The van der Waals surface area contributed by atoms with Crippen molar-refractivity contribution in [2.24, 2.45) is 0 Å². The second-order valence-electron chi connectivity index (χ2n) is 7.77. The van der Waals surface area contributed by atoms with Gasteiger partial charge in [-0.2, -0.15) is 0 Å². The first kappa shape index (κ1) is 20.1. The third-order valence-corrected chi connectivity index (χ3v) is 4.61. The van der Waals surface area contributed by atoms with Gasteiger partial charge in [0.05, 0.1) is 6.10 Å². The summed E-state index contributed by atoms with van der Waals surface area (Å²) in [6.45, 7) is 11.9. The molecule has 1 unspecified atom stereocenters.